The van der Waals surface area contributed by atoms with Crippen molar-refractivity contribution < 1.29 is 24.5 Å². The minimum atomic E-state index is -1.92. The number of rotatable bonds is 4. The van der Waals surface area contributed by atoms with Crippen LogP contribution in [0.5, 0.6) is 0 Å². The quantitative estimate of drug-likeness (QED) is 0.487. The lowest BCUT2D eigenvalue weighted by Crippen LogP contribution is -2.70. The van der Waals surface area contributed by atoms with Crippen LogP contribution in [0.2, 0.25) is 0 Å². The molecule has 0 amide bonds. The number of allylic oxidation sites excluding steroid dienone is 1. The Labute approximate surface area is 222 Å². The Bertz CT molecular complexity index is 1340. The van der Waals surface area contributed by atoms with E-state index in [9.17, 15) is 20.1 Å². The normalized spacial score (nSPS) is 41.4. The maximum atomic E-state index is 17.8. The number of aliphatic hydroxyl groups is 3. The molecule has 7 nitrogen and oxygen atoms in total. The second-order valence-corrected chi connectivity index (χ2v) is 12.6. The summed E-state index contributed by atoms with van der Waals surface area (Å²) in [6.45, 7) is 4.79. The van der Waals surface area contributed by atoms with E-state index in [1.165, 1.54) is 0 Å². The number of aliphatic hydroxyl groups excluding tert-OH is 2. The number of halogens is 1. The fourth-order valence-corrected chi connectivity index (χ4v) is 9.04. The number of anilines is 1. The molecule has 2 aromatic rings. The van der Waals surface area contributed by atoms with E-state index in [-0.39, 0.29) is 12.3 Å². The molecule has 4 aliphatic rings. The molecule has 0 aliphatic heterocycles. The van der Waals surface area contributed by atoms with Gasteiger partial charge in [0.15, 0.2) is 5.78 Å². The van der Waals surface area contributed by atoms with Crippen LogP contribution in [0.4, 0.5) is 10.1 Å². The number of carbonyl (C=O) groups excluding carboxylic acids is 1. The first-order valence-electron chi connectivity index (χ1n) is 13.8. The summed E-state index contributed by atoms with van der Waals surface area (Å²) in [4.78, 5) is 12.8. The standard InChI is InChI=1S/C30H38FN3O4/c1-17-10-23-22-9-8-19-11-24-18(15-34(33-24)21-7-5-6-20(12-21)32-4)13-27(19,2)29(22,31)25(36)14-28(23,3)30(17,38)26(37)16-35/h5-7,11-12,15,17,22-23,25,32,35-36,38H,8-10,13-14,16H2,1-4H3/t17-,22-,23-,25-,27-,28-,29-,30-/m0/s1. The third kappa shape index (κ3) is 2.99. The average Bonchev–Trinajstić information content (AvgIpc) is 3.39. The van der Waals surface area contributed by atoms with E-state index >= 15 is 4.39 Å². The summed E-state index contributed by atoms with van der Waals surface area (Å²) in [6.07, 6.45) is 4.71. The van der Waals surface area contributed by atoms with Crippen molar-refractivity contribution in [1.82, 2.24) is 9.78 Å². The summed E-state index contributed by atoms with van der Waals surface area (Å²) < 4.78 is 19.6. The molecule has 38 heavy (non-hydrogen) atoms. The van der Waals surface area contributed by atoms with Crippen LogP contribution >= 0.6 is 0 Å². The molecule has 4 aliphatic carbocycles. The van der Waals surface area contributed by atoms with E-state index in [0.717, 1.165) is 28.2 Å². The molecular weight excluding hydrogens is 485 g/mol. The Morgan fingerprint density at radius 3 is 2.76 bits per heavy atom. The van der Waals surface area contributed by atoms with Gasteiger partial charge in [-0.25, -0.2) is 9.07 Å². The van der Waals surface area contributed by atoms with Crippen LogP contribution in [0, 0.1) is 28.6 Å². The van der Waals surface area contributed by atoms with Gasteiger partial charge in [0.2, 0.25) is 0 Å². The molecular formula is C30H38FN3O4. The van der Waals surface area contributed by atoms with Gasteiger partial charge in [0, 0.05) is 35.7 Å². The SMILES string of the molecule is CNc1cccc(-n2cc3c(n2)C=C2CC[C@H]4[C@@H]5C[C@H](C)[C@](O)(C(=O)CO)[C@@]5(C)C[C@H](O)[C@]4(F)[C@@]2(C)C3)c1. The molecule has 8 atom stereocenters. The van der Waals surface area contributed by atoms with Crippen molar-refractivity contribution in [3.8, 4) is 5.69 Å². The van der Waals surface area contributed by atoms with Gasteiger partial charge in [0.05, 0.1) is 17.5 Å². The third-order valence-corrected chi connectivity index (χ3v) is 11.1. The Kier molecular flexibility index (Phi) is 5.57. The first-order valence-corrected chi connectivity index (χ1v) is 13.8. The molecule has 3 fully saturated rings. The van der Waals surface area contributed by atoms with E-state index in [2.05, 4.69) is 5.32 Å². The Morgan fingerprint density at radius 2 is 2.05 bits per heavy atom. The van der Waals surface area contributed by atoms with Crippen molar-refractivity contribution in [2.45, 2.75) is 70.2 Å². The highest BCUT2D eigenvalue weighted by molar-refractivity contribution is 5.90. The van der Waals surface area contributed by atoms with E-state index in [1.807, 2.05) is 69.0 Å². The number of alkyl halides is 1. The number of hydrogen-bond donors (Lipinski definition) is 4. The summed E-state index contributed by atoms with van der Waals surface area (Å²) in [5, 5.41) is 40.9. The topological polar surface area (TPSA) is 108 Å². The van der Waals surface area contributed by atoms with Crippen LogP contribution in [-0.2, 0) is 11.2 Å². The van der Waals surface area contributed by atoms with Crippen LogP contribution in [0.3, 0.4) is 0 Å². The average molecular weight is 524 g/mol. The molecule has 6 rings (SSSR count). The lowest BCUT2D eigenvalue weighted by molar-refractivity contribution is -0.226. The summed E-state index contributed by atoms with van der Waals surface area (Å²) in [6, 6.07) is 7.93. The van der Waals surface area contributed by atoms with Gasteiger partial charge in [0.1, 0.15) is 17.9 Å². The predicted molar refractivity (Wildman–Crippen MR) is 143 cm³/mol. The molecule has 0 saturated heterocycles. The first kappa shape index (κ1) is 25.7. The molecule has 3 saturated carbocycles. The minimum absolute atomic E-state index is 0.0248. The van der Waals surface area contributed by atoms with E-state index < -0.39 is 52.4 Å². The Morgan fingerprint density at radius 1 is 1.29 bits per heavy atom. The van der Waals surface area contributed by atoms with Crippen molar-refractivity contribution in [3.63, 3.8) is 0 Å². The smallest absolute Gasteiger partial charge is 0.190 e. The zero-order valence-corrected chi connectivity index (χ0v) is 22.5. The van der Waals surface area contributed by atoms with Crippen molar-refractivity contribution in [1.29, 1.82) is 0 Å². The van der Waals surface area contributed by atoms with Gasteiger partial charge in [-0.3, -0.25) is 4.79 Å². The number of nitrogens with one attached hydrogen (secondary N) is 1. The number of hydrogen-bond acceptors (Lipinski definition) is 6. The summed E-state index contributed by atoms with van der Waals surface area (Å²) >= 11 is 0. The maximum absolute atomic E-state index is 17.8. The third-order valence-electron chi connectivity index (χ3n) is 11.1. The number of Topliss-reactive ketones (excluding diaryl/α,β-unsaturated/α-hetero) is 1. The van der Waals surface area contributed by atoms with Crippen LogP contribution in [0.25, 0.3) is 11.8 Å². The maximum Gasteiger partial charge on any atom is 0.190 e. The zero-order valence-electron chi connectivity index (χ0n) is 22.5. The molecule has 0 radical (unpaired) electrons. The van der Waals surface area contributed by atoms with Crippen LogP contribution < -0.4 is 5.32 Å². The molecule has 1 aromatic heterocycles. The van der Waals surface area contributed by atoms with E-state index in [1.54, 1.807) is 0 Å². The first-order chi connectivity index (χ1) is 17.9. The number of ketones is 1. The molecule has 4 N–H and O–H groups in total. The van der Waals surface area contributed by atoms with Gasteiger partial charge in [-0.2, -0.15) is 5.10 Å². The second-order valence-electron chi connectivity index (χ2n) is 12.6. The van der Waals surface area contributed by atoms with Gasteiger partial charge in [-0.15, -0.1) is 0 Å². The molecule has 204 valence electrons. The highest BCUT2D eigenvalue weighted by Gasteiger charge is 2.75. The van der Waals surface area contributed by atoms with Crippen LogP contribution in [0.15, 0.2) is 36.0 Å². The monoisotopic (exact) mass is 523 g/mol. The number of benzene rings is 1. The summed E-state index contributed by atoms with van der Waals surface area (Å²) in [7, 11) is 1.87. The van der Waals surface area contributed by atoms with Gasteiger partial charge in [0.25, 0.3) is 0 Å². The largest absolute Gasteiger partial charge is 0.390 e. The van der Waals surface area contributed by atoms with Crippen LogP contribution in [-0.4, -0.2) is 61.9 Å². The number of fused-ring (bicyclic) bond motifs is 6. The molecule has 0 unspecified atom stereocenters. The predicted octanol–water partition coefficient (Wildman–Crippen LogP) is 3.70. The van der Waals surface area contributed by atoms with Gasteiger partial charge < -0.3 is 20.6 Å². The minimum Gasteiger partial charge on any atom is -0.390 e. The number of aromatic nitrogens is 2. The Balaban J connectivity index is 1.40. The highest BCUT2D eigenvalue weighted by Crippen LogP contribution is 2.71. The van der Waals surface area contributed by atoms with Crippen molar-refractivity contribution >= 4 is 17.5 Å². The number of carbonyl (C=O) groups is 1. The zero-order chi connectivity index (χ0) is 27.3. The lowest BCUT2D eigenvalue weighted by Gasteiger charge is -2.63. The molecule has 0 spiro atoms. The lowest BCUT2D eigenvalue weighted by atomic mass is 9.43. The number of nitrogens with zero attached hydrogens (tertiary/aromatic N) is 2. The Hall–Kier alpha value is -2.55. The van der Waals surface area contributed by atoms with Crippen LogP contribution in [0.1, 0.15) is 57.7 Å². The second kappa shape index (κ2) is 8.23. The van der Waals surface area contributed by atoms with E-state index in [0.29, 0.717) is 25.7 Å². The fourth-order valence-electron chi connectivity index (χ4n) is 9.04. The molecule has 1 aromatic carbocycles. The van der Waals surface area contributed by atoms with Gasteiger partial charge in [-0.05, 0) is 73.8 Å². The van der Waals surface area contributed by atoms with Gasteiger partial charge >= 0.3 is 0 Å². The molecule has 8 heteroatoms. The van der Waals surface area contributed by atoms with E-state index in [4.69, 9.17) is 5.10 Å². The van der Waals surface area contributed by atoms with Crippen molar-refractivity contribution in [3.05, 3.63) is 47.3 Å². The molecule has 1 heterocycles. The van der Waals surface area contributed by atoms with Crippen molar-refractivity contribution in [2.24, 2.45) is 28.6 Å². The van der Waals surface area contributed by atoms with Crippen molar-refractivity contribution in [2.75, 3.05) is 19.0 Å². The molecule has 0 bridgehead atoms. The van der Waals surface area contributed by atoms with Gasteiger partial charge in [-0.1, -0.05) is 32.4 Å². The fraction of sp³-hybridized carbons (Fsp3) is 0.600. The summed E-state index contributed by atoms with van der Waals surface area (Å²) in [5.41, 5.74) is -1.02. The highest BCUT2D eigenvalue weighted by atomic mass is 19.1. The summed E-state index contributed by atoms with van der Waals surface area (Å²) in [5.74, 6) is -1.85.